The highest BCUT2D eigenvalue weighted by Crippen LogP contribution is 2.26. The summed E-state index contributed by atoms with van der Waals surface area (Å²) in [6, 6.07) is 8.08. The highest BCUT2D eigenvalue weighted by atomic mass is 79.9. The van der Waals surface area contributed by atoms with E-state index in [4.69, 9.17) is 0 Å². The van der Waals surface area contributed by atoms with Crippen LogP contribution in [0.2, 0.25) is 0 Å². The van der Waals surface area contributed by atoms with Crippen LogP contribution in [0, 0.1) is 22.9 Å². The van der Waals surface area contributed by atoms with Gasteiger partial charge >= 0.3 is 0 Å². The van der Waals surface area contributed by atoms with Gasteiger partial charge in [0, 0.05) is 4.47 Å². The lowest BCUT2D eigenvalue weighted by Gasteiger charge is -2.08. The summed E-state index contributed by atoms with van der Waals surface area (Å²) in [7, 11) is 0. The fourth-order valence-corrected chi connectivity index (χ4v) is 2.35. The summed E-state index contributed by atoms with van der Waals surface area (Å²) in [4.78, 5) is 22.2. The van der Waals surface area contributed by atoms with E-state index in [1.165, 1.54) is 0 Å². The van der Waals surface area contributed by atoms with Crippen LogP contribution in [0.15, 0.2) is 40.9 Å². The first-order chi connectivity index (χ1) is 9.88. The maximum atomic E-state index is 13.1. The molecular formula is C14H10BrFN2O3. The van der Waals surface area contributed by atoms with Crippen LogP contribution >= 0.6 is 15.9 Å². The number of nitro benzene ring substituents is 1. The Hall–Kier alpha value is -2.28. The lowest BCUT2D eigenvalue weighted by atomic mass is 10.1. The first-order valence-corrected chi connectivity index (χ1v) is 6.69. The molecule has 0 unspecified atom stereocenters. The number of carbonyl (C=O) groups is 1. The maximum Gasteiger partial charge on any atom is 0.285 e. The molecule has 0 saturated heterocycles. The minimum absolute atomic E-state index is 0.200. The minimum Gasteiger partial charge on any atom is -0.321 e. The second kappa shape index (κ2) is 6.01. The Morgan fingerprint density at radius 2 is 2.00 bits per heavy atom. The van der Waals surface area contributed by atoms with Crippen LogP contribution in [-0.2, 0) is 0 Å². The molecule has 0 spiro atoms. The highest BCUT2D eigenvalue weighted by molar-refractivity contribution is 9.10. The molecule has 0 atom stereocenters. The summed E-state index contributed by atoms with van der Waals surface area (Å²) in [5, 5.41) is 13.4. The maximum absolute atomic E-state index is 13.1. The predicted molar refractivity (Wildman–Crippen MR) is 79.9 cm³/mol. The van der Waals surface area contributed by atoms with Gasteiger partial charge in [0.2, 0.25) is 0 Å². The first kappa shape index (κ1) is 15.1. The fourth-order valence-electron chi connectivity index (χ4n) is 1.76. The Balaban J connectivity index is 2.34. The van der Waals surface area contributed by atoms with Gasteiger partial charge < -0.3 is 5.32 Å². The molecule has 0 fully saturated rings. The lowest BCUT2D eigenvalue weighted by Crippen LogP contribution is -2.14. The van der Waals surface area contributed by atoms with E-state index in [9.17, 15) is 19.3 Å². The highest BCUT2D eigenvalue weighted by Gasteiger charge is 2.21. The number of hydrogen-bond acceptors (Lipinski definition) is 3. The van der Waals surface area contributed by atoms with E-state index in [0.29, 0.717) is 10.2 Å². The lowest BCUT2D eigenvalue weighted by molar-refractivity contribution is -0.385. The number of halogens is 2. The van der Waals surface area contributed by atoms with Gasteiger partial charge in [0.1, 0.15) is 11.4 Å². The number of carbonyl (C=O) groups excluding carboxylic acids is 1. The van der Waals surface area contributed by atoms with Crippen LogP contribution in [0.3, 0.4) is 0 Å². The van der Waals surface area contributed by atoms with Crippen molar-refractivity contribution in [1.82, 2.24) is 0 Å². The Morgan fingerprint density at radius 3 is 2.62 bits per heavy atom. The number of nitrogens with one attached hydrogen (secondary N) is 1. The van der Waals surface area contributed by atoms with Gasteiger partial charge in [0.15, 0.2) is 0 Å². The summed E-state index contributed by atoms with van der Waals surface area (Å²) in [6.07, 6.45) is 0. The SMILES string of the molecule is Cc1ccc(NC(=O)c2ccc(F)cc2[N+](=O)[O-])c(Br)c1. The summed E-state index contributed by atoms with van der Waals surface area (Å²) in [5.41, 5.74) is 0.696. The van der Waals surface area contributed by atoms with Gasteiger partial charge in [-0.2, -0.15) is 0 Å². The second-order valence-electron chi connectivity index (χ2n) is 4.36. The number of amides is 1. The van der Waals surface area contributed by atoms with E-state index >= 15 is 0 Å². The van der Waals surface area contributed by atoms with Gasteiger partial charge in [-0.25, -0.2) is 4.39 Å². The summed E-state index contributed by atoms with van der Waals surface area (Å²) >= 11 is 3.30. The Labute approximate surface area is 128 Å². The average Bonchev–Trinajstić information content (AvgIpc) is 2.41. The quantitative estimate of drug-likeness (QED) is 0.668. The number of nitrogens with zero attached hydrogens (tertiary/aromatic N) is 1. The summed E-state index contributed by atoms with van der Waals surface area (Å²) < 4.78 is 13.7. The van der Waals surface area contributed by atoms with Gasteiger partial charge in [-0.1, -0.05) is 6.07 Å². The molecule has 0 aliphatic carbocycles. The van der Waals surface area contributed by atoms with E-state index in [1.807, 2.05) is 6.92 Å². The third-order valence-corrected chi connectivity index (χ3v) is 3.43. The molecule has 1 N–H and O–H groups in total. The zero-order chi connectivity index (χ0) is 15.6. The molecule has 5 nitrogen and oxygen atoms in total. The Kier molecular flexibility index (Phi) is 4.32. The van der Waals surface area contributed by atoms with Crippen LogP contribution < -0.4 is 5.32 Å². The molecule has 0 aromatic heterocycles. The van der Waals surface area contributed by atoms with Crippen LogP contribution in [0.25, 0.3) is 0 Å². The number of aryl methyl sites for hydroxylation is 1. The molecule has 0 radical (unpaired) electrons. The smallest absolute Gasteiger partial charge is 0.285 e. The topological polar surface area (TPSA) is 72.2 Å². The molecule has 21 heavy (non-hydrogen) atoms. The summed E-state index contributed by atoms with van der Waals surface area (Å²) in [6.45, 7) is 1.89. The molecule has 2 rings (SSSR count). The standard InChI is InChI=1S/C14H10BrFN2O3/c1-8-2-5-12(11(15)6-8)17-14(19)10-4-3-9(16)7-13(10)18(20)21/h2-7H,1H3,(H,17,19). The number of anilines is 1. The van der Waals surface area contributed by atoms with Gasteiger partial charge in [0.25, 0.3) is 11.6 Å². The molecule has 0 saturated carbocycles. The van der Waals surface area contributed by atoms with Gasteiger partial charge in [0.05, 0.1) is 16.7 Å². The molecular weight excluding hydrogens is 343 g/mol. The van der Waals surface area contributed by atoms with Gasteiger partial charge in [-0.3, -0.25) is 14.9 Å². The molecule has 108 valence electrons. The number of benzene rings is 2. The van der Waals surface area contributed by atoms with E-state index < -0.39 is 22.3 Å². The zero-order valence-corrected chi connectivity index (χ0v) is 12.5. The second-order valence-corrected chi connectivity index (χ2v) is 5.21. The van der Waals surface area contributed by atoms with Crippen molar-refractivity contribution in [2.75, 3.05) is 5.32 Å². The monoisotopic (exact) mass is 352 g/mol. The minimum atomic E-state index is -0.790. The van der Waals surface area contributed by atoms with Gasteiger partial charge in [-0.15, -0.1) is 0 Å². The summed E-state index contributed by atoms with van der Waals surface area (Å²) in [5.74, 6) is -1.44. The van der Waals surface area contributed by atoms with Crippen LogP contribution in [-0.4, -0.2) is 10.8 Å². The average molecular weight is 353 g/mol. The van der Waals surface area contributed by atoms with Crippen LogP contribution in [0.5, 0.6) is 0 Å². The van der Waals surface area contributed by atoms with Crippen molar-refractivity contribution in [2.45, 2.75) is 6.92 Å². The van der Waals surface area contributed by atoms with E-state index in [2.05, 4.69) is 21.2 Å². The molecule has 0 aliphatic heterocycles. The molecule has 0 bridgehead atoms. The van der Waals surface area contributed by atoms with E-state index in [1.54, 1.807) is 18.2 Å². The molecule has 0 heterocycles. The van der Waals surface area contributed by atoms with Crippen molar-refractivity contribution in [3.8, 4) is 0 Å². The third-order valence-electron chi connectivity index (χ3n) is 2.77. The Morgan fingerprint density at radius 1 is 1.29 bits per heavy atom. The van der Waals surface area contributed by atoms with Crippen LogP contribution in [0.1, 0.15) is 15.9 Å². The molecule has 2 aromatic rings. The van der Waals surface area contributed by atoms with E-state index in [-0.39, 0.29) is 5.56 Å². The van der Waals surface area contributed by atoms with Gasteiger partial charge in [-0.05, 0) is 52.7 Å². The number of hydrogen-bond donors (Lipinski definition) is 1. The largest absolute Gasteiger partial charge is 0.321 e. The third kappa shape index (κ3) is 3.43. The van der Waals surface area contributed by atoms with E-state index in [0.717, 1.165) is 23.8 Å². The van der Waals surface area contributed by atoms with Crippen LogP contribution in [0.4, 0.5) is 15.8 Å². The molecule has 0 aliphatic rings. The molecule has 1 amide bonds. The number of rotatable bonds is 3. The first-order valence-electron chi connectivity index (χ1n) is 5.90. The van der Waals surface area contributed by atoms with Crippen molar-refractivity contribution in [2.24, 2.45) is 0 Å². The van der Waals surface area contributed by atoms with Crippen molar-refractivity contribution in [3.63, 3.8) is 0 Å². The van der Waals surface area contributed by atoms with Crippen molar-refractivity contribution in [1.29, 1.82) is 0 Å². The molecule has 7 heteroatoms. The van der Waals surface area contributed by atoms with Crippen molar-refractivity contribution in [3.05, 3.63) is 67.9 Å². The zero-order valence-electron chi connectivity index (χ0n) is 10.9. The predicted octanol–water partition coefficient (Wildman–Crippen LogP) is 4.06. The Bertz CT molecular complexity index is 734. The normalized spacial score (nSPS) is 10.2. The van der Waals surface area contributed by atoms with Crippen molar-refractivity contribution < 1.29 is 14.1 Å². The molecule has 2 aromatic carbocycles. The number of nitro groups is 1. The van der Waals surface area contributed by atoms with Crippen molar-refractivity contribution >= 4 is 33.2 Å². The fraction of sp³-hybridized carbons (Fsp3) is 0.0714.